The number of fused-ring (bicyclic) bond motifs is 1. The molecule has 2 saturated carbocycles. The summed E-state index contributed by atoms with van der Waals surface area (Å²) in [5.74, 6) is -2.19. The molecule has 3 fully saturated rings. The predicted molar refractivity (Wildman–Crippen MR) is 166 cm³/mol. The van der Waals surface area contributed by atoms with Gasteiger partial charge in [0.15, 0.2) is 0 Å². The highest BCUT2D eigenvalue weighted by Gasteiger charge is 2.50. The van der Waals surface area contributed by atoms with Crippen molar-refractivity contribution in [1.82, 2.24) is 4.90 Å². The number of nitrogens with zero attached hydrogens (tertiary/aromatic N) is 2. The van der Waals surface area contributed by atoms with Gasteiger partial charge in [0.05, 0.1) is 28.1 Å². The molecular weight excluding hydrogens is 606 g/mol. The molecule has 0 radical (unpaired) electrons. The second-order valence-electron chi connectivity index (χ2n) is 12.7. The van der Waals surface area contributed by atoms with E-state index in [1.807, 2.05) is 29.2 Å². The summed E-state index contributed by atoms with van der Waals surface area (Å²) < 4.78 is 56.5. The molecule has 0 aromatic heterocycles. The van der Waals surface area contributed by atoms with E-state index in [0.29, 0.717) is 28.9 Å². The monoisotopic (exact) mass is 641 g/mol. The Labute approximate surface area is 265 Å². The number of nitrogens with two attached hydrogens (primary N) is 1. The van der Waals surface area contributed by atoms with Crippen LogP contribution in [0.15, 0.2) is 60.7 Å². The van der Waals surface area contributed by atoms with Crippen molar-refractivity contribution in [2.75, 3.05) is 4.90 Å². The lowest BCUT2D eigenvalue weighted by Crippen LogP contribution is -2.54. The number of rotatable bonds is 6. The Hall–Kier alpha value is -3.59. The number of alkyl halides is 3. The minimum absolute atomic E-state index is 0.00693. The molecule has 5 nitrogen and oxygen atoms in total. The van der Waals surface area contributed by atoms with E-state index >= 15 is 4.39 Å². The normalized spacial score (nSPS) is 23.6. The van der Waals surface area contributed by atoms with E-state index < -0.39 is 41.3 Å². The molecule has 45 heavy (non-hydrogen) atoms. The second kappa shape index (κ2) is 12.3. The van der Waals surface area contributed by atoms with Gasteiger partial charge < -0.3 is 15.5 Å². The van der Waals surface area contributed by atoms with Gasteiger partial charge in [-0.1, -0.05) is 55.1 Å². The molecule has 1 heterocycles. The van der Waals surface area contributed by atoms with Gasteiger partial charge >= 0.3 is 6.18 Å². The summed E-state index contributed by atoms with van der Waals surface area (Å²) >= 11 is 5.95. The number of carbonyl (C=O) groups excluding carboxylic acids is 2. The maximum absolute atomic E-state index is 15.1. The Bertz CT molecular complexity index is 1570. The number of piperidine rings is 1. The highest BCUT2D eigenvalue weighted by molar-refractivity contribution is 6.31. The van der Waals surface area contributed by atoms with Crippen LogP contribution in [0.3, 0.4) is 0 Å². The Balaban J connectivity index is 1.42. The van der Waals surface area contributed by atoms with Gasteiger partial charge in [-0.3, -0.25) is 9.59 Å². The lowest BCUT2D eigenvalue weighted by atomic mass is 9.76. The van der Waals surface area contributed by atoms with Gasteiger partial charge in [-0.05, 0) is 92.5 Å². The zero-order valence-electron chi connectivity index (χ0n) is 25.0. The molecule has 0 bridgehead atoms. The van der Waals surface area contributed by atoms with Crippen molar-refractivity contribution in [2.45, 2.75) is 82.6 Å². The minimum Gasteiger partial charge on any atom is -0.369 e. The molecule has 0 spiro atoms. The summed E-state index contributed by atoms with van der Waals surface area (Å²) in [5.41, 5.74) is 7.34. The van der Waals surface area contributed by atoms with Crippen LogP contribution in [-0.4, -0.2) is 28.8 Å². The summed E-state index contributed by atoms with van der Waals surface area (Å²) in [6.45, 7) is 1.69. The summed E-state index contributed by atoms with van der Waals surface area (Å²) in [6.07, 6.45) is 2.02. The number of halogens is 5. The number of benzene rings is 3. The number of likely N-dealkylation sites (tertiary alicyclic amines) is 1. The zero-order valence-corrected chi connectivity index (χ0v) is 25.8. The van der Waals surface area contributed by atoms with Gasteiger partial charge in [0.25, 0.3) is 5.91 Å². The van der Waals surface area contributed by atoms with Crippen molar-refractivity contribution < 1.29 is 27.2 Å². The van der Waals surface area contributed by atoms with Crippen molar-refractivity contribution in [3.63, 3.8) is 0 Å². The number of carbonyl (C=O) groups is 2. The van der Waals surface area contributed by atoms with E-state index in [-0.39, 0.29) is 28.6 Å². The molecule has 4 atom stereocenters. The van der Waals surface area contributed by atoms with E-state index in [0.717, 1.165) is 51.0 Å². The molecule has 2 N–H and O–H groups in total. The molecule has 4 unspecified atom stereocenters. The Morgan fingerprint density at radius 1 is 0.933 bits per heavy atom. The molecule has 1 saturated heterocycles. The molecule has 10 heteroatoms. The zero-order chi connectivity index (χ0) is 32.0. The molecule has 3 aromatic rings. The largest absolute Gasteiger partial charge is 0.417 e. The number of primary amides is 1. The van der Waals surface area contributed by atoms with Crippen LogP contribution in [0.25, 0.3) is 0 Å². The van der Waals surface area contributed by atoms with Gasteiger partial charge in [-0.2, -0.15) is 13.2 Å². The molecule has 3 aliphatic rings. The van der Waals surface area contributed by atoms with Crippen LogP contribution in [0.1, 0.15) is 84.5 Å². The lowest BCUT2D eigenvalue weighted by Gasteiger charge is -2.48. The maximum Gasteiger partial charge on any atom is 0.417 e. The third kappa shape index (κ3) is 5.91. The van der Waals surface area contributed by atoms with Crippen LogP contribution in [0.2, 0.25) is 5.02 Å². The van der Waals surface area contributed by atoms with E-state index in [2.05, 4.69) is 0 Å². The maximum atomic E-state index is 15.1. The van der Waals surface area contributed by atoms with Gasteiger partial charge in [0.2, 0.25) is 5.91 Å². The van der Waals surface area contributed by atoms with E-state index in [1.165, 1.54) is 12.1 Å². The SMILES string of the molecule is Cc1cccc(F)c1C(=O)N1C2CCCC2CC(C(N)=O)C1c1ccc(N(c2ccc(Cl)c(C(F)(F)F)c2)C2CCCC2)cc1. The summed E-state index contributed by atoms with van der Waals surface area (Å²) in [7, 11) is 0. The van der Waals surface area contributed by atoms with Crippen molar-refractivity contribution in [2.24, 2.45) is 17.6 Å². The summed E-state index contributed by atoms with van der Waals surface area (Å²) in [6, 6.07) is 14.9. The van der Waals surface area contributed by atoms with Crippen LogP contribution in [0.4, 0.5) is 28.9 Å². The molecule has 2 aliphatic carbocycles. The Kier molecular flexibility index (Phi) is 8.59. The minimum atomic E-state index is -4.60. The molecule has 1 aliphatic heterocycles. The number of hydrogen-bond donors (Lipinski definition) is 1. The molecule has 238 valence electrons. The van der Waals surface area contributed by atoms with Gasteiger partial charge in [0.1, 0.15) is 5.82 Å². The van der Waals surface area contributed by atoms with Crippen LogP contribution in [0.5, 0.6) is 0 Å². The molecule has 2 amide bonds. The molecule has 3 aromatic carbocycles. The van der Waals surface area contributed by atoms with Crippen molar-refractivity contribution in [1.29, 1.82) is 0 Å². The van der Waals surface area contributed by atoms with Gasteiger partial charge in [0, 0.05) is 23.5 Å². The Morgan fingerprint density at radius 2 is 1.62 bits per heavy atom. The standard InChI is InChI=1S/C35H36ClF4N3O2/c1-20-6-4-10-29(37)31(20)34(45)43-30-11-5-7-22(30)18-26(33(41)44)32(43)21-12-14-24(15-13-21)42(23-8-2-3-9-23)25-16-17-28(36)27(19-25)35(38,39)40/h4,6,10,12-17,19,22-23,26,30,32H,2-3,5,7-9,11,18H2,1H3,(H2,41,44). The number of amides is 2. The first-order chi connectivity index (χ1) is 21.5. The van der Waals surface area contributed by atoms with Crippen LogP contribution < -0.4 is 10.6 Å². The smallest absolute Gasteiger partial charge is 0.369 e. The predicted octanol–water partition coefficient (Wildman–Crippen LogP) is 8.74. The van der Waals surface area contributed by atoms with Gasteiger partial charge in [-0.15, -0.1) is 0 Å². The van der Waals surface area contributed by atoms with Crippen LogP contribution in [-0.2, 0) is 11.0 Å². The topological polar surface area (TPSA) is 66.6 Å². The fourth-order valence-corrected chi connectivity index (χ4v) is 8.16. The second-order valence-corrected chi connectivity index (χ2v) is 13.1. The first-order valence-corrected chi connectivity index (χ1v) is 16.0. The van der Waals surface area contributed by atoms with E-state index in [9.17, 15) is 22.8 Å². The molecular formula is C35H36ClF4N3O2. The fourth-order valence-electron chi connectivity index (χ4n) is 7.93. The molecule has 6 rings (SSSR count). The van der Waals surface area contributed by atoms with Crippen LogP contribution in [0, 0.1) is 24.6 Å². The van der Waals surface area contributed by atoms with Crippen molar-refractivity contribution in [3.05, 3.63) is 93.8 Å². The summed E-state index contributed by atoms with van der Waals surface area (Å²) in [4.78, 5) is 30.8. The van der Waals surface area contributed by atoms with E-state index in [4.69, 9.17) is 17.3 Å². The average Bonchev–Trinajstić information content (AvgIpc) is 3.69. The lowest BCUT2D eigenvalue weighted by molar-refractivity contribution is -0.137. The number of aryl methyl sites for hydroxylation is 1. The quantitative estimate of drug-likeness (QED) is 0.274. The first kappa shape index (κ1) is 31.4. The highest BCUT2D eigenvalue weighted by atomic mass is 35.5. The number of hydrogen-bond acceptors (Lipinski definition) is 3. The third-order valence-corrected chi connectivity index (χ3v) is 10.3. The summed E-state index contributed by atoms with van der Waals surface area (Å²) in [5, 5.41) is -0.358. The third-order valence-electron chi connectivity index (χ3n) is 9.99. The Morgan fingerprint density at radius 3 is 2.27 bits per heavy atom. The highest BCUT2D eigenvalue weighted by Crippen LogP contribution is 2.49. The number of anilines is 2. The van der Waals surface area contributed by atoms with E-state index in [1.54, 1.807) is 30.0 Å². The van der Waals surface area contributed by atoms with Crippen molar-refractivity contribution in [3.8, 4) is 0 Å². The fraction of sp³-hybridized carbons (Fsp3) is 0.429. The first-order valence-electron chi connectivity index (χ1n) is 15.6. The average molecular weight is 642 g/mol. The van der Waals surface area contributed by atoms with Crippen molar-refractivity contribution >= 4 is 34.8 Å². The van der Waals surface area contributed by atoms with Gasteiger partial charge in [-0.25, -0.2) is 4.39 Å². The van der Waals surface area contributed by atoms with Crippen LogP contribution >= 0.6 is 11.6 Å².